The van der Waals surface area contributed by atoms with Crippen LogP contribution in [0.4, 0.5) is 5.69 Å². The van der Waals surface area contributed by atoms with Crippen molar-refractivity contribution in [3.8, 4) is 5.75 Å². The van der Waals surface area contributed by atoms with Crippen LogP contribution in [0.5, 0.6) is 5.75 Å². The molecule has 6 rings (SSSR count). The minimum Gasteiger partial charge on any atom is -0.497 e. The number of fused-ring (bicyclic) bond motifs is 3. The molecule has 2 aromatic carbocycles. The maximum atomic E-state index is 12.9. The summed E-state index contributed by atoms with van der Waals surface area (Å²) in [5.74, 6) is 1.01. The number of H-pyrrole nitrogens is 1. The van der Waals surface area contributed by atoms with E-state index < -0.39 is 5.41 Å². The molecule has 6 nitrogen and oxygen atoms in total. The lowest BCUT2D eigenvalue weighted by atomic mass is 9.91. The Kier molecular flexibility index (Phi) is 3.84. The summed E-state index contributed by atoms with van der Waals surface area (Å²) in [4.78, 5) is 15.0. The Bertz CT molecular complexity index is 1300. The van der Waals surface area contributed by atoms with Crippen molar-refractivity contribution in [3.05, 3.63) is 83.8 Å². The third-order valence-corrected chi connectivity index (χ3v) is 6.61. The fourth-order valence-electron chi connectivity index (χ4n) is 4.86. The summed E-state index contributed by atoms with van der Waals surface area (Å²) in [6.07, 6.45) is 13.1. The first-order valence-electron chi connectivity index (χ1n) is 10.4. The van der Waals surface area contributed by atoms with Crippen LogP contribution >= 0.6 is 0 Å². The first-order valence-corrected chi connectivity index (χ1v) is 10.4. The number of aromatic nitrogens is 2. The van der Waals surface area contributed by atoms with Crippen LogP contribution in [0.1, 0.15) is 29.2 Å². The fourth-order valence-corrected chi connectivity index (χ4v) is 4.86. The highest BCUT2D eigenvalue weighted by Crippen LogP contribution is 2.65. The first-order chi connectivity index (χ1) is 15.2. The summed E-state index contributed by atoms with van der Waals surface area (Å²) in [5, 5.41) is 11.8. The standard InChI is InChI=1S/C25H22N4O2/c1-31-17-6-8-22-19(14-17)25(24(30)26-22)15-20(25)16-5-7-18-21(27-28-23(18)13-16)9-12-29-10-3-2-4-11-29/h2-10,12-14,20H,11,15H2,1H3,(H,26,30)(H,27,28)/b12-9+/t20-,25-/m0/s1. The number of aromatic amines is 1. The Morgan fingerprint density at radius 2 is 2.16 bits per heavy atom. The van der Waals surface area contributed by atoms with Crippen LogP contribution in [0.15, 0.2) is 67.0 Å². The van der Waals surface area contributed by atoms with Crippen molar-refractivity contribution in [1.82, 2.24) is 15.1 Å². The van der Waals surface area contributed by atoms with E-state index in [2.05, 4.69) is 44.7 Å². The van der Waals surface area contributed by atoms with Crippen LogP contribution in [0, 0.1) is 0 Å². The number of nitrogens with zero attached hydrogens (tertiary/aromatic N) is 2. The van der Waals surface area contributed by atoms with Gasteiger partial charge in [-0.3, -0.25) is 9.89 Å². The van der Waals surface area contributed by atoms with Crippen molar-refractivity contribution in [2.45, 2.75) is 17.8 Å². The highest BCUT2D eigenvalue weighted by atomic mass is 16.5. The highest BCUT2D eigenvalue weighted by molar-refractivity contribution is 6.10. The second-order valence-corrected chi connectivity index (χ2v) is 8.29. The number of ether oxygens (including phenoxy) is 1. The van der Waals surface area contributed by atoms with Gasteiger partial charge in [0.15, 0.2) is 0 Å². The van der Waals surface area contributed by atoms with E-state index in [1.165, 1.54) is 0 Å². The zero-order chi connectivity index (χ0) is 21.0. The van der Waals surface area contributed by atoms with Gasteiger partial charge < -0.3 is 15.0 Å². The average Bonchev–Trinajstić information content (AvgIpc) is 3.35. The van der Waals surface area contributed by atoms with E-state index in [-0.39, 0.29) is 11.8 Å². The van der Waals surface area contributed by atoms with Gasteiger partial charge in [-0.05, 0) is 54.0 Å². The maximum absolute atomic E-state index is 12.9. The quantitative estimate of drug-likeness (QED) is 0.673. The molecular weight excluding hydrogens is 388 g/mol. The molecule has 1 fully saturated rings. The normalized spacial score (nSPS) is 23.7. The number of nitrogens with one attached hydrogen (secondary N) is 2. The number of carbonyl (C=O) groups is 1. The van der Waals surface area contributed by atoms with Crippen LogP contribution in [0.2, 0.25) is 0 Å². The van der Waals surface area contributed by atoms with Crippen molar-refractivity contribution in [2.75, 3.05) is 19.0 Å². The fraction of sp³-hybridized carbons (Fsp3) is 0.200. The van der Waals surface area contributed by atoms with Gasteiger partial charge in [-0.15, -0.1) is 0 Å². The van der Waals surface area contributed by atoms with Crippen molar-refractivity contribution >= 4 is 28.6 Å². The molecule has 1 aromatic heterocycles. The second kappa shape index (κ2) is 6.60. The molecule has 0 saturated heterocycles. The van der Waals surface area contributed by atoms with E-state index in [0.29, 0.717) is 0 Å². The van der Waals surface area contributed by atoms with E-state index in [1.54, 1.807) is 7.11 Å². The molecule has 1 aliphatic carbocycles. The average molecular weight is 410 g/mol. The topological polar surface area (TPSA) is 70.2 Å². The monoisotopic (exact) mass is 410 g/mol. The summed E-state index contributed by atoms with van der Waals surface area (Å²) in [6.45, 7) is 0.859. The van der Waals surface area contributed by atoms with Gasteiger partial charge in [-0.25, -0.2) is 0 Å². The van der Waals surface area contributed by atoms with E-state index in [4.69, 9.17) is 4.74 Å². The zero-order valence-corrected chi connectivity index (χ0v) is 17.1. The number of benzene rings is 2. The van der Waals surface area contributed by atoms with Crippen LogP contribution in [0.3, 0.4) is 0 Å². The molecule has 31 heavy (non-hydrogen) atoms. The van der Waals surface area contributed by atoms with Gasteiger partial charge in [0.1, 0.15) is 5.75 Å². The van der Waals surface area contributed by atoms with Gasteiger partial charge in [-0.1, -0.05) is 24.3 Å². The molecule has 154 valence electrons. The largest absolute Gasteiger partial charge is 0.497 e. The van der Waals surface area contributed by atoms with Crippen LogP contribution in [-0.2, 0) is 10.2 Å². The van der Waals surface area contributed by atoms with Gasteiger partial charge >= 0.3 is 0 Å². The summed E-state index contributed by atoms with van der Waals surface area (Å²) in [6, 6.07) is 12.2. The molecule has 2 atom stereocenters. The van der Waals surface area contributed by atoms with Gasteiger partial charge in [0.2, 0.25) is 5.91 Å². The van der Waals surface area contributed by atoms with Crippen molar-refractivity contribution in [3.63, 3.8) is 0 Å². The van der Waals surface area contributed by atoms with Crippen molar-refractivity contribution in [1.29, 1.82) is 0 Å². The molecular formula is C25H22N4O2. The summed E-state index contributed by atoms with van der Waals surface area (Å²) < 4.78 is 5.39. The Balaban J connectivity index is 1.30. The summed E-state index contributed by atoms with van der Waals surface area (Å²) in [5.41, 5.74) is 4.49. The molecule has 2 N–H and O–H groups in total. The number of carbonyl (C=O) groups excluding carboxylic acids is 1. The molecule has 0 unspecified atom stereocenters. The second-order valence-electron chi connectivity index (χ2n) is 8.29. The number of hydrogen-bond acceptors (Lipinski definition) is 4. The predicted octanol–water partition coefficient (Wildman–Crippen LogP) is 4.31. The van der Waals surface area contributed by atoms with Crippen LogP contribution in [0.25, 0.3) is 17.0 Å². The van der Waals surface area contributed by atoms with E-state index in [1.807, 2.05) is 48.8 Å². The lowest BCUT2D eigenvalue weighted by molar-refractivity contribution is -0.118. The number of anilines is 1. The Morgan fingerprint density at radius 1 is 1.23 bits per heavy atom. The van der Waals surface area contributed by atoms with E-state index in [9.17, 15) is 4.79 Å². The number of rotatable bonds is 4. The molecule has 3 aliphatic rings. The van der Waals surface area contributed by atoms with Gasteiger partial charge in [-0.2, -0.15) is 5.10 Å². The number of amides is 1. The molecule has 2 aliphatic heterocycles. The van der Waals surface area contributed by atoms with Crippen LogP contribution in [-0.4, -0.2) is 34.7 Å². The Hall–Kier alpha value is -3.80. The van der Waals surface area contributed by atoms with Gasteiger partial charge in [0, 0.05) is 35.9 Å². The van der Waals surface area contributed by atoms with Crippen LogP contribution < -0.4 is 10.1 Å². The molecule has 1 saturated carbocycles. The van der Waals surface area contributed by atoms with Gasteiger partial charge in [0.25, 0.3) is 0 Å². The predicted molar refractivity (Wildman–Crippen MR) is 121 cm³/mol. The number of allylic oxidation sites excluding steroid dienone is 2. The minimum atomic E-state index is -0.492. The lowest BCUT2D eigenvalue weighted by Gasteiger charge is -2.14. The SMILES string of the molecule is COc1ccc2c(c1)[C@]1(C[C@H]1c1ccc3c(/C=C/N4C=CC=CC4)n[nH]c3c1)C(=O)N2. The first kappa shape index (κ1) is 18.0. The van der Waals surface area contributed by atoms with Crippen molar-refractivity contribution in [2.24, 2.45) is 0 Å². The molecule has 1 amide bonds. The Morgan fingerprint density at radius 3 is 3.00 bits per heavy atom. The van der Waals surface area contributed by atoms with Crippen molar-refractivity contribution < 1.29 is 9.53 Å². The molecule has 3 heterocycles. The highest BCUT2D eigenvalue weighted by Gasteiger charge is 2.65. The molecule has 0 radical (unpaired) electrons. The minimum absolute atomic E-state index is 0.0812. The Labute approximate surface area is 179 Å². The van der Waals surface area contributed by atoms with E-state index in [0.717, 1.165) is 52.1 Å². The zero-order valence-electron chi connectivity index (χ0n) is 17.1. The molecule has 1 spiro atoms. The van der Waals surface area contributed by atoms with Gasteiger partial charge in [0.05, 0.1) is 23.7 Å². The lowest BCUT2D eigenvalue weighted by Crippen LogP contribution is -2.21. The summed E-state index contributed by atoms with van der Waals surface area (Å²) >= 11 is 0. The smallest absolute Gasteiger partial charge is 0.235 e. The number of hydrogen-bond donors (Lipinski definition) is 2. The molecule has 6 heteroatoms. The third-order valence-electron chi connectivity index (χ3n) is 6.61. The summed E-state index contributed by atoms with van der Waals surface area (Å²) in [7, 11) is 1.65. The number of methoxy groups -OCH3 is 1. The third kappa shape index (κ3) is 2.71. The molecule has 3 aromatic rings. The molecule has 0 bridgehead atoms. The maximum Gasteiger partial charge on any atom is 0.235 e. The van der Waals surface area contributed by atoms with E-state index >= 15 is 0 Å².